The predicted molar refractivity (Wildman–Crippen MR) is 78.7 cm³/mol. The van der Waals surface area contributed by atoms with Crippen molar-refractivity contribution in [1.29, 1.82) is 0 Å². The third kappa shape index (κ3) is 4.07. The SMILES string of the molecule is Cc1ccc(OCC(=O)O)c(C(=O)Nc2ccccc2)c1. The lowest BCUT2D eigenvalue weighted by atomic mass is 10.1. The number of hydrogen-bond acceptors (Lipinski definition) is 3. The van der Waals surface area contributed by atoms with Gasteiger partial charge in [-0.2, -0.15) is 0 Å². The molecule has 0 aliphatic heterocycles. The van der Waals surface area contributed by atoms with Crippen molar-refractivity contribution in [3.05, 3.63) is 59.7 Å². The number of amides is 1. The van der Waals surface area contributed by atoms with Crippen LogP contribution < -0.4 is 10.1 Å². The van der Waals surface area contributed by atoms with E-state index in [0.29, 0.717) is 11.3 Å². The number of carboxylic acids is 1. The summed E-state index contributed by atoms with van der Waals surface area (Å²) < 4.78 is 5.15. The van der Waals surface area contributed by atoms with Crippen LogP contribution in [0.2, 0.25) is 0 Å². The van der Waals surface area contributed by atoms with Crippen LogP contribution in [0.4, 0.5) is 5.69 Å². The average molecular weight is 285 g/mol. The number of carboxylic acid groups (broad SMARTS) is 1. The fourth-order valence-corrected chi connectivity index (χ4v) is 1.81. The van der Waals surface area contributed by atoms with E-state index in [0.717, 1.165) is 5.56 Å². The van der Waals surface area contributed by atoms with Gasteiger partial charge in [0.15, 0.2) is 6.61 Å². The van der Waals surface area contributed by atoms with Crippen molar-refractivity contribution in [3.8, 4) is 5.75 Å². The number of carbonyl (C=O) groups is 2. The van der Waals surface area contributed by atoms with Crippen LogP contribution in [0.25, 0.3) is 0 Å². The van der Waals surface area contributed by atoms with Gasteiger partial charge in [-0.1, -0.05) is 29.8 Å². The first kappa shape index (κ1) is 14.6. The first-order valence-electron chi connectivity index (χ1n) is 6.38. The number of benzene rings is 2. The number of aliphatic carboxylic acids is 1. The quantitative estimate of drug-likeness (QED) is 0.885. The van der Waals surface area contributed by atoms with Crippen molar-refractivity contribution < 1.29 is 19.4 Å². The maximum absolute atomic E-state index is 12.3. The van der Waals surface area contributed by atoms with Crippen molar-refractivity contribution >= 4 is 17.6 Å². The third-order valence-electron chi connectivity index (χ3n) is 2.76. The molecule has 0 bridgehead atoms. The molecule has 21 heavy (non-hydrogen) atoms. The molecule has 0 heterocycles. The second-order valence-corrected chi connectivity index (χ2v) is 4.50. The molecule has 0 saturated carbocycles. The highest BCUT2D eigenvalue weighted by Crippen LogP contribution is 2.21. The molecule has 0 aliphatic carbocycles. The lowest BCUT2D eigenvalue weighted by Gasteiger charge is -2.11. The molecule has 5 heteroatoms. The zero-order valence-corrected chi connectivity index (χ0v) is 11.5. The molecule has 0 fully saturated rings. The summed E-state index contributed by atoms with van der Waals surface area (Å²) in [6.45, 7) is 1.36. The van der Waals surface area contributed by atoms with Crippen LogP contribution in [-0.4, -0.2) is 23.6 Å². The highest BCUT2D eigenvalue weighted by atomic mass is 16.5. The Labute approximate surface area is 122 Å². The minimum absolute atomic E-state index is 0.247. The van der Waals surface area contributed by atoms with Crippen LogP contribution in [0.1, 0.15) is 15.9 Å². The molecule has 2 N–H and O–H groups in total. The molecule has 0 spiro atoms. The Morgan fingerprint density at radius 3 is 2.52 bits per heavy atom. The van der Waals surface area contributed by atoms with Crippen LogP contribution >= 0.6 is 0 Å². The van der Waals surface area contributed by atoms with Crippen molar-refractivity contribution in [2.45, 2.75) is 6.92 Å². The minimum Gasteiger partial charge on any atom is -0.481 e. The fourth-order valence-electron chi connectivity index (χ4n) is 1.81. The molecule has 108 valence electrons. The zero-order valence-electron chi connectivity index (χ0n) is 11.5. The maximum Gasteiger partial charge on any atom is 0.341 e. The number of rotatable bonds is 5. The lowest BCUT2D eigenvalue weighted by Crippen LogP contribution is -2.16. The number of anilines is 1. The van der Waals surface area contributed by atoms with E-state index in [1.807, 2.05) is 25.1 Å². The standard InChI is InChI=1S/C16H15NO4/c1-11-7-8-14(21-10-15(18)19)13(9-11)16(20)17-12-5-3-2-4-6-12/h2-9H,10H2,1H3,(H,17,20)(H,18,19). The molecule has 0 radical (unpaired) electrons. The number of nitrogens with one attached hydrogen (secondary N) is 1. The molecule has 0 unspecified atom stereocenters. The summed E-state index contributed by atoms with van der Waals surface area (Å²) in [5, 5.41) is 11.4. The second kappa shape index (κ2) is 6.56. The predicted octanol–water partition coefficient (Wildman–Crippen LogP) is 2.71. The highest BCUT2D eigenvalue weighted by Gasteiger charge is 2.14. The van der Waals surface area contributed by atoms with Crippen molar-refractivity contribution in [3.63, 3.8) is 0 Å². The van der Waals surface area contributed by atoms with E-state index >= 15 is 0 Å². The topological polar surface area (TPSA) is 75.6 Å². The summed E-state index contributed by atoms with van der Waals surface area (Å²) in [7, 11) is 0. The van der Waals surface area contributed by atoms with Crippen LogP contribution in [0.3, 0.4) is 0 Å². The van der Waals surface area contributed by atoms with Crippen LogP contribution in [0.15, 0.2) is 48.5 Å². The van der Waals surface area contributed by atoms with Gasteiger partial charge in [-0.3, -0.25) is 4.79 Å². The molecule has 0 saturated heterocycles. The van der Waals surface area contributed by atoms with E-state index in [-0.39, 0.29) is 11.7 Å². The molecule has 0 aliphatic rings. The van der Waals surface area contributed by atoms with Crippen LogP contribution in [0, 0.1) is 6.92 Å². The lowest BCUT2D eigenvalue weighted by molar-refractivity contribution is -0.139. The van der Waals surface area contributed by atoms with Gasteiger partial charge in [-0.25, -0.2) is 4.79 Å². The van der Waals surface area contributed by atoms with Gasteiger partial charge >= 0.3 is 5.97 Å². The van der Waals surface area contributed by atoms with Gasteiger partial charge in [0.2, 0.25) is 0 Å². The van der Waals surface area contributed by atoms with Gasteiger partial charge in [0.1, 0.15) is 5.75 Å². The van der Waals surface area contributed by atoms with Gasteiger partial charge in [-0.15, -0.1) is 0 Å². The largest absolute Gasteiger partial charge is 0.481 e. The molecule has 2 aromatic rings. The molecule has 0 aromatic heterocycles. The fraction of sp³-hybridized carbons (Fsp3) is 0.125. The summed E-state index contributed by atoms with van der Waals surface area (Å²) in [4.78, 5) is 22.9. The summed E-state index contributed by atoms with van der Waals surface area (Å²) in [6.07, 6.45) is 0. The monoisotopic (exact) mass is 285 g/mol. The van der Waals surface area contributed by atoms with Crippen LogP contribution in [0.5, 0.6) is 5.75 Å². The Balaban J connectivity index is 2.22. The van der Waals surface area contributed by atoms with Crippen molar-refractivity contribution in [1.82, 2.24) is 0 Å². The van der Waals surface area contributed by atoms with E-state index < -0.39 is 12.6 Å². The third-order valence-corrected chi connectivity index (χ3v) is 2.76. The van der Waals surface area contributed by atoms with Crippen LogP contribution in [-0.2, 0) is 4.79 Å². The zero-order chi connectivity index (χ0) is 15.2. The first-order valence-corrected chi connectivity index (χ1v) is 6.38. The maximum atomic E-state index is 12.3. The van der Waals surface area contributed by atoms with Gasteiger partial charge in [0, 0.05) is 5.69 Å². The van der Waals surface area contributed by atoms with E-state index in [4.69, 9.17) is 9.84 Å². The van der Waals surface area contributed by atoms with Gasteiger partial charge in [0.05, 0.1) is 5.56 Å². The van der Waals surface area contributed by atoms with E-state index in [1.54, 1.807) is 30.3 Å². The van der Waals surface area contributed by atoms with Crippen molar-refractivity contribution in [2.24, 2.45) is 0 Å². The average Bonchev–Trinajstić information content (AvgIpc) is 2.46. The summed E-state index contributed by atoms with van der Waals surface area (Å²) in [5.41, 5.74) is 1.85. The summed E-state index contributed by atoms with van der Waals surface area (Å²) in [6, 6.07) is 14.0. The highest BCUT2D eigenvalue weighted by molar-refractivity contribution is 6.06. The van der Waals surface area contributed by atoms with Gasteiger partial charge in [0.25, 0.3) is 5.91 Å². The Morgan fingerprint density at radius 2 is 1.86 bits per heavy atom. The summed E-state index contributed by atoms with van der Waals surface area (Å²) >= 11 is 0. The Bertz CT molecular complexity index is 653. The number of carbonyl (C=O) groups excluding carboxylic acids is 1. The molecular weight excluding hydrogens is 270 g/mol. The van der Waals surface area contributed by atoms with Crippen molar-refractivity contribution in [2.75, 3.05) is 11.9 Å². The Kier molecular flexibility index (Phi) is 4.56. The van der Waals surface area contributed by atoms with E-state index in [9.17, 15) is 9.59 Å². The molecule has 2 aromatic carbocycles. The van der Waals surface area contributed by atoms with Gasteiger partial charge < -0.3 is 15.2 Å². The number of aryl methyl sites for hydroxylation is 1. The first-order chi connectivity index (χ1) is 10.1. The summed E-state index contributed by atoms with van der Waals surface area (Å²) in [5.74, 6) is -1.19. The second-order valence-electron chi connectivity index (χ2n) is 4.50. The smallest absolute Gasteiger partial charge is 0.341 e. The van der Waals surface area contributed by atoms with E-state index in [2.05, 4.69) is 5.32 Å². The molecule has 5 nitrogen and oxygen atoms in total. The molecular formula is C16H15NO4. The van der Waals surface area contributed by atoms with Gasteiger partial charge in [-0.05, 0) is 31.2 Å². The minimum atomic E-state index is -1.09. The molecule has 1 amide bonds. The van der Waals surface area contributed by atoms with E-state index in [1.165, 1.54) is 0 Å². The number of hydrogen-bond donors (Lipinski definition) is 2. The normalized spacial score (nSPS) is 9.95. The molecule has 0 atom stereocenters. The Hall–Kier alpha value is -2.82. The number of ether oxygens (including phenoxy) is 1. The Morgan fingerprint density at radius 1 is 1.14 bits per heavy atom. The number of para-hydroxylation sites is 1. The molecule has 2 rings (SSSR count).